The second-order valence-electron chi connectivity index (χ2n) is 3.46. The Kier molecular flexibility index (Phi) is 3.52. The van der Waals surface area contributed by atoms with Gasteiger partial charge in [-0.3, -0.25) is 4.98 Å². The van der Waals surface area contributed by atoms with Crippen LogP contribution in [0.25, 0.3) is 0 Å². The van der Waals surface area contributed by atoms with E-state index in [-0.39, 0.29) is 12.2 Å². The quantitative estimate of drug-likeness (QED) is 0.852. The molecule has 0 amide bonds. The molecular formula is C11H11N3O4. The molecule has 2 aromatic heterocycles. The largest absolute Gasteiger partial charge is 0.484 e. The Morgan fingerprint density at radius 2 is 2.33 bits per heavy atom. The summed E-state index contributed by atoms with van der Waals surface area (Å²) in [4.78, 5) is 18.6. The van der Waals surface area contributed by atoms with E-state index in [2.05, 4.69) is 15.1 Å². The van der Waals surface area contributed by atoms with Crippen LogP contribution in [0.1, 0.15) is 29.0 Å². The first kappa shape index (κ1) is 12.0. The molecule has 1 N–H and O–H groups in total. The maximum atomic E-state index is 10.7. The van der Waals surface area contributed by atoms with Crippen molar-refractivity contribution in [1.82, 2.24) is 15.1 Å². The van der Waals surface area contributed by atoms with Gasteiger partial charge in [0.25, 0.3) is 0 Å². The first-order valence-electron chi connectivity index (χ1n) is 5.31. The zero-order chi connectivity index (χ0) is 13.0. The highest BCUT2D eigenvalue weighted by Crippen LogP contribution is 2.12. The smallest absolute Gasteiger partial charge is 0.337 e. The predicted molar refractivity (Wildman–Crippen MR) is 59.2 cm³/mol. The van der Waals surface area contributed by atoms with Crippen molar-refractivity contribution in [1.29, 1.82) is 0 Å². The second-order valence-corrected chi connectivity index (χ2v) is 3.46. The Morgan fingerprint density at radius 3 is 3.00 bits per heavy atom. The Bertz CT molecular complexity index is 553. The third kappa shape index (κ3) is 2.82. The van der Waals surface area contributed by atoms with E-state index in [1.807, 2.05) is 6.92 Å². The van der Waals surface area contributed by atoms with Crippen LogP contribution < -0.4 is 4.74 Å². The molecule has 18 heavy (non-hydrogen) atoms. The normalized spacial score (nSPS) is 10.3. The van der Waals surface area contributed by atoms with Gasteiger partial charge in [-0.2, -0.15) is 4.98 Å². The number of aromatic carboxylic acids is 1. The van der Waals surface area contributed by atoms with E-state index in [4.69, 9.17) is 14.4 Å². The molecule has 0 saturated carbocycles. The standard InChI is InChI=1S/C11H11N3O4/c1-2-10-13-9(14-18-10)6-17-8-3-7(11(15)16)4-12-5-8/h3-5H,2,6H2,1H3,(H,15,16). The summed E-state index contributed by atoms with van der Waals surface area (Å²) in [6.45, 7) is 2.01. The Hall–Kier alpha value is -2.44. The van der Waals surface area contributed by atoms with Crippen molar-refractivity contribution in [2.45, 2.75) is 20.0 Å². The molecule has 0 aromatic carbocycles. The molecule has 2 aromatic rings. The number of carbonyl (C=O) groups is 1. The number of rotatable bonds is 5. The van der Waals surface area contributed by atoms with Gasteiger partial charge in [-0.1, -0.05) is 12.1 Å². The van der Waals surface area contributed by atoms with E-state index in [0.29, 0.717) is 23.9 Å². The predicted octanol–water partition coefficient (Wildman–Crippen LogP) is 1.30. The number of aryl methyl sites for hydroxylation is 1. The fourth-order valence-electron chi connectivity index (χ4n) is 1.25. The number of hydrogen-bond donors (Lipinski definition) is 1. The lowest BCUT2D eigenvalue weighted by Crippen LogP contribution is -2.01. The van der Waals surface area contributed by atoms with E-state index >= 15 is 0 Å². The van der Waals surface area contributed by atoms with Crippen LogP contribution in [0.3, 0.4) is 0 Å². The molecule has 0 spiro atoms. The van der Waals surface area contributed by atoms with Crippen molar-refractivity contribution in [3.8, 4) is 5.75 Å². The Balaban J connectivity index is 2.01. The summed E-state index contributed by atoms with van der Waals surface area (Å²) in [5.41, 5.74) is 0.0647. The molecule has 7 nitrogen and oxygen atoms in total. The van der Waals surface area contributed by atoms with Gasteiger partial charge in [0.05, 0.1) is 11.8 Å². The van der Waals surface area contributed by atoms with Gasteiger partial charge in [0.1, 0.15) is 5.75 Å². The fourth-order valence-corrected chi connectivity index (χ4v) is 1.25. The van der Waals surface area contributed by atoms with Crippen LogP contribution in [0.5, 0.6) is 5.75 Å². The molecule has 0 unspecified atom stereocenters. The molecule has 0 aliphatic rings. The lowest BCUT2D eigenvalue weighted by molar-refractivity contribution is 0.0696. The molecule has 0 atom stereocenters. The van der Waals surface area contributed by atoms with Gasteiger partial charge >= 0.3 is 5.97 Å². The molecular weight excluding hydrogens is 238 g/mol. The number of hydrogen-bond acceptors (Lipinski definition) is 6. The van der Waals surface area contributed by atoms with Gasteiger partial charge in [0, 0.05) is 12.6 Å². The van der Waals surface area contributed by atoms with E-state index in [9.17, 15) is 4.79 Å². The SMILES string of the molecule is CCc1nc(COc2cncc(C(=O)O)c2)no1. The minimum atomic E-state index is -1.05. The lowest BCUT2D eigenvalue weighted by atomic mass is 10.3. The molecule has 2 rings (SSSR count). The first-order chi connectivity index (χ1) is 8.69. The topological polar surface area (TPSA) is 98.3 Å². The zero-order valence-electron chi connectivity index (χ0n) is 9.66. The van der Waals surface area contributed by atoms with Crippen molar-refractivity contribution < 1.29 is 19.2 Å². The monoisotopic (exact) mass is 249 g/mol. The zero-order valence-corrected chi connectivity index (χ0v) is 9.66. The number of ether oxygens (including phenoxy) is 1. The van der Waals surface area contributed by atoms with Crippen LogP contribution in [0.4, 0.5) is 0 Å². The van der Waals surface area contributed by atoms with Gasteiger partial charge in [-0.25, -0.2) is 4.79 Å². The summed E-state index contributed by atoms with van der Waals surface area (Å²) in [7, 11) is 0. The molecule has 0 saturated heterocycles. The lowest BCUT2D eigenvalue weighted by Gasteiger charge is -2.02. The minimum absolute atomic E-state index is 0.0647. The van der Waals surface area contributed by atoms with Gasteiger partial charge in [-0.15, -0.1) is 0 Å². The number of nitrogens with zero attached hydrogens (tertiary/aromatic N) is 3. The van der Waals surface area contributed by atoms with Crippen molar-refractivity contribution in [3.63, 3.8) is 0 Å². The summed E-state index contributed by atoms with van der Waals surface area (Å²) in [5, 5.41) is 12.5. The van der Waals surface area contributed by atoms with Gasteiger partial charge in [0.15, 0.2) is 6.61 Å². The molecule has 0 aliphatic carbocycles. The Labute approximate surface area is 102 Å². The van der Waals surface area contributed by atoms with Gasteiger partial charge in [-0.05, 0) is 6.07 Å². The molecule has 0 bridgehead atoms. The minimum Gasteiger partial charge on any atom is -0.484 e. The van der Waals surface area contributed by atoms with Crippen LogP contribution in [0, 0.1) is 0 Å². The van der Waals surface area contributed by atoms with Crippen LogP contribution in [-0.4, -0.2) is 26.2 Å². The van der Waals surface area contributed by atoms with Crippen LogP contribution in [-0.2, 0) is 13.0 Å². The van der Waals surface area contributed by atoms with Crippen molar-refractivity contribution in [3.05, 3.63) is 35.7 Å². The fraction of sp³-hybridized carbons (Fsp3) is 0.273. The van der Waals surface area contributed by atoms with Crippen molar-refractivity contribution >= 4 is 5.97 Å². The highest BCUT2D eigenvalue weighted by molar-refractivity contribution is 5.87. The van der Waals surface area contributed by atoms with Crippen molar-refractivity contribution in [2.75, 3.05) is 0 Å². The third-order valence-corrected chi connectivity index (χ3v) is 2.14. The summed E-state index contributed by atoms with van der Waals surface area (Å²) in [6.07, 6.45) is 3.33. The van der Waals surface area contributed by atoms with Gasteiger partial charge < -0.3 is 14.4 Å². The molecule has 0 aliphatic heterocycles. The highest BCUT2D eigenvalue weighted by Gasteiger charge is 2.07. The van der Waals surface area contributed by atoms with Crippen LogP contribution in [0.15, 0.2) is 23.0 Å². The average Bonchev–Trinajstić information content (AvgIpc) is 2.84. The number of carboxylic acids is 1. The second kappa shape index (κ2) is 5.26. The number of carboxylic acid groups (broad SMARTS) is 1. The highest BCUT2D eigenvalue weighted by atomic mass is 16.5. The molecule has 94 valence electrons. The summed E-state index contributed by atoms with van der Waals surface area (Å²) < 4.78 is 10.2. The third-order valence-electron chi connectivity index (χ3n) is 2.14. The van der Waals surface area contributed by atoms with E-state index in [1.165, 1.54) is 18.5 Å². The number of aromatic nitrogens is 3. The summed E-state index contributed by atoms with van der Waals surface area (Å²) in [6, 6.07) is 1.39. The van der Waals surface area contributed by atoms with E-state index in [1.54, 1.807) is 0 Å². The van der Waals surface area contributed by atoms with Gasteiger partial charge in [0.2, 0.25) is 11.7 Å². The Morgan fingerprint density at radius 1 is 1.50 bits per heavy atom. The van der Waals surface area contributed by atoms with E-state index in [0.717, 1.165) is 0 Å². The first-order valence-corrected chi connectivity index (χ1v) is 5.31. The van der Waals surface area contributed by atoms with Crippen molar-refractivity contribution in [2.24, 2.45) is 0 Å². The summed E-state index contributed by atoms with van der Waals surface area (Å²) in [5.74, 6) is 0.233. The van der Waals surface area contributed by atoms with Crippen LogP contribution >= 0.6 is 0 Å². The van der Waals surface area contributed by atoms with Crippen LogP contribution in [0.2, 0.25) is 0 Å². The maximum Gasteiger partial charge on any atom is 0.337 e. The summed E-state index contributed by atoms with van der Waals surface area (Å²) >= 11 is 0. The molecule has 0 fully saturated rings. The van der Waals surface area contributed by atoms with E-state index < -0.39 is 5.97 Å². The molecule has 0 radical (unpaired) electrons. The molecule has 2 heterocycles. The number of pyridine rings is 1. The maximum absolute atomic E-state index is 10.7. The molecule has 7 heteroatoms. The average molecular weight is 249 g/mol.